The molecule has 1 aliphatic rings. The Hall–Kier alpha value is -0.0800. The SMILES string of the molecule is CCCC(O)C1CCCC(CCO)C1. The molecule has 0 aromatic carbocycles. The van der Waals surface area contributed by atoms with E-state index in [4.69, 9.17) is 5.11 Å². The second-order valence-electron chi connectivity index (χ2n) is 4.66. The molecule has 0 spiro atoms. The van der Waals surface area contributed by atoms with E-state index in [0.29, 0.717) is 18.4 Å². The van der Waals surface area contributed by atoms with Crippen LogP contribution >= 0.6 is 0 Å². The van der Waals surface area contributed by atoms with E-state index in [0.717, 1.165) is 25.7 Å². The lowest BCUT2D eigenvalue weighted by molar-refractivity contribution is 0.0568. The van der Waals surface area contributed by atoms with Crippen molar-refractivity contribution in [3.63, 3.8) is 0 Å². The fourth-order valence-electron chi connectivity index (χ4n) is 2.66. The molecule has 3 unspecified atom stereocenters. The number of hydrogen-bond acceptors (Lipinski definition) is 2. The molecule has 0 aliphatic heterocycles. The zero-order valence-corrected chi connectivity index (χ0v) is 9.28. The van der Waals surface area contributed by atoms with Crippen LogP contribution in [0.3, 0.4) is 0 Å². The minimum absolute atomic E-state index is 0.0958. The van der Waals surface area contributed by atoms with Gasteiger partial charge in [-0.3, -0.25) is 0 Å². The molecule has 84 valence electrons. The van der Waals surface area contributed by atoms with Crippen LogP contribution in [0.2, 0.25) is 0 Å². The molecule has 0 aromatic rings. The fraction of sp³-hybridized carbons (Fsp3) is 1.00. The maximum Gasteiger partial charge on any atom is 0.0568 e. The first kappa shape index (κ1) is 12.0. The Kier molecular flexibility index (Phi) is 5.49. The summed E-state index contributed by atoms with van der Waals surface area (Å²) in [5, 5.41) is 18.8. The van der Waals surface area contributed by atoms with Crippen molar-refractivity contribution in [2.45, 2.75) is 58.0 Å². The third-order valence-corrected chi connectivity index (χ3v) is 3.49. The standard InChI is InChI=1S/C12H24O2/c1-2-4-12(14)11-6-3-5-10(9-11)7-8-13/h10-14H,2-9H2,1H3. The number of hydrogen-bond donors (Lipinski definition) is 2. The van der Waals surface area contributed by atoms with Crippen molar-refractivity contribution in [1.29, 1.82) is 0 Å². The van der Waals surface area contributed by atoms with Crippen LogP contribution < -0.4 is 0 Å². The summed E-state index contributed by atoms with van der Waals surface area (Å²) in [6.07, 6.45) is 7.63. The lowest BCUT2D eigenvalue weighted by Gasteiger charge is -2.31. The smallest absolute Gasteiger partial charge is 0.0568 e. The molecule has 2 nitrogen and oxygen atoms in total. The van der Waals surface area contributed by atoms with Gasteiger partial charge in [0, 0.05) is 6.61 Å². The molecule has 0 aromatic heterocycles. The molecule has 0 saturated heterocycles. The summed E-state index contributed by atoms with van der Waals surface area (Å²) in [6, 6.07) is 0. The van der Waals surface area contributed by atoms with Gasteiger partial charge in [-0.1, -0.05) is 26.2 Å². The van der Waals surface area contributed by atoms with Gasteiger partial charge in [-0.15, -0.1) is 0 Å². The number of aliphatic hydroxyl groups is 2. The number of aliphatic hydroxyl groups excluding tert-OH is 2. The Balaban J connectivity index is 2.31. The molecule has 2 N–H and O–H groups in total. The van der Waals surface area contributed by atoms with Gasteiger partial charge >= 0.3 is 0 Å². The maximum absolute atomic E-state index is 9.90. The molecule has 1 rings (SSSR count). The molecule has 0 heterocycles. The molecule has 1 fully saturated rings. The summed E-state index contributed by atoms with van der Waals surface area (Å²) >= 11 is 0. The van der Waals surface area contributed by atoms with Crippen LogP contribution in [0.15, 0.2) is 0 Å². The predicted octanol–water partition coefficient (Wildman–Crippen LogP) is 2.34. The van der Waals surface area contributed by atoms with Gasteiger partial charge in [0.05, 0.1) is 6.10 Å². The van der Waals surface area contributed by atoms with Gasteiger partial charge in [0.15, 0.2) is 0 Å². The molecule has 1 saturated carbocycles. The Morgan fingerprint density at radius 3 is 2.79 bits per heavy atom. The highest BCUT2D eigenvalue weighted by atomic mass is 16.3. The van der Waals surface area contributed by atoms with E-state index in [1.54, 1.807) is 0 Å². The highest BCUT2D eigenvalue weighted by Gasteiger charge is 2.26. The van der Waals surface area contributed by atoms with Crippen LogP contribution in [0.4, 0.5) is 0 Å². The van der Waals surface area contributed by atoms with Gasteiger partial charge in [0.2, 0.25) is 0 Å². The Morgan fingerprint density at radius 1 is 1.36 bits per heavy atom. The Labute approximate surface area is 87.3 Å². The van der Waals surface area contributed by atoms with E-state index >= 15 is 0 Å². The van der Waals surface area contributed by atoms with Crippen LogP contribution in [0.25, 0.3) is 0 Å². The Morgan fingerprint density at radius 2 is 2.14 bits per heavy atom. The molecular weight excluding hydrogens is 176 g/mol. The highest BCUT2D eigenvalue weighted by molar-refractivity contribution is 4.77. The summed E-state index contributed by atoms with van der Waals surface area (Å²) in [6.45, 7) is 2.43. The molecule has 3 atom stereocenters. The van der Waals surface area contributed by atoms with Crippen molar-refractivity contribution in [2.24, 2.45) is 11.8 Å². The summed E-state index contributed by atoms with van der Waals surface area (Å²) < 4.78 is 0. The van der Waals surface area contributed by atoms with Crippen LogP contribution in [-0.2, 0) is 0 Å². The van der Waals surface area contributed by atoms with Crippen LogP contribution in [0.1, 0.15) is 51.9 Å². The van der Waals surface area contributed by atoms with Crippen LogP contribution in [0, 0.1) is 11.8 Å². The van der Waals surface area contributed by atoms with Crippen molar-refractivity contribution < 1.29 is 10.2 Å². The van der Waals surface area contributed by atoms with Crippen molar-refractivity contribution in [1.82, 2.24) is 0 Å². The monoisotopic (exact) mass is 200 g/mol. The van der Waals surface area contributed by atoms with Gasteiger partial charge in [-0.2, -0.15) is 0 Å². The third kappa shape index (κ3) is 3.58. The van der Waals surface area contributed by atoms with Gasteiger partial charge in [0.25, 0.3) is 0 Å². The minimum atomic E-state index is -0.0958. The molecule has 14 heavy (non-hydrogen) atoms. The first-order chi connectivity index (χ1) is 6.77. The molecule has 0 radical (unpaired) electrons. The zero-order chi connectivity index (χ0) is 10.4. The normalized spacial score (nSPS) is 30.2. The molecule has 1 aliphatic carbocycles. The minimum Gasteiger partial charge on any atom is -0.396 e. The van der Waals surface area contributed by atoms with E-state index in [2.05, 4.69) is 6.92 Å². The van der Waals surface area contributed by atoms with Crippen molar-refractivity contribution >= 4 is 0 Å². The molecule has 2 heteroatoms. The fourth-order valence-corrected chi connectivity index (χ4v) is 2.66. The van der Waals surface area contributed by atoms with E-state index < -0.39 is 0 Å². The lowest BCUT2D eigenvalue weighted by Crippen LogP contribution is -2.27. The highest BCUT2D eigenvalue weighted by Crippen LogP contribution is 2.33. The number of rotatable bonds is 5. The van der Waals surface area contributed by atoms with Crippen molar-refractivity contribution in [2.75, 3.05) is 6.61 Å². The van der Waals surface area contributed by atoms with Crippen molar-refractivity contribution in [3.8, 4) is 0 Å². The Bertz CT molecular complexity index is 141. The average molecular weight is 200 g/mol. The summed E-state index contributed by atoms with van der Waals surface area (Å²) in [5.74, 6) is 1.16. The van der Waals surface area contributed by atoms with E-state index in [1.807, 2.05) is 0 Å². The van der Waals surface area contributed by atoms with Crippen LogP contribution in [0.5, 0.6) is 0 Å². The van der Waals surface area contributed by atoms with Gasteiger partial charge in [-0.25, -0.2) is 0 Å². The van der Waals surface area contributed by atoms with Crippen LogP contribution in [-0.4, -0.2) is 22.9 Å². The zero-order valence-electron chi connectivity index (χ0n) is 9.28. The topological polar surface area (TPSA) is 40.5 Å². The summed E-state index contributed by atoms with van der Waals surface area (Å²) in [5.41, 5.74) is 0. The van der Waals surface area contributed by atoms with Gasteiger partial charge in [-0.05, 0) is 37.5 Å². The second-order valence-corrected chi connectivity index (χ2v) is 4.66. The average Bonchev–Trinajstić information content (AvgIpc) is 2.19. The first-order valence-electron chi connectivity index (χ1n) is 6.06. The van der Waals surface area contributed by atoms with Crippen molar-refractivity contribution in [3.05, 3.63) is 0 Å². The van der Waals surface area contributed by atoms with E-state index in [-0.39, 0.29) is 6.10 Å². The van der Waals surface area contributed by atoms with Gasteiger partial charge < -0.3 is 10.2 Å². The third-order valence-electron chi connectivity index (χ3n) is 3.49. The molecule has 0 amide bonds. The van der Waals surface area contributed by atoms with E-state index in [1.165, 1.54) is 19.3 Å². The molecular formula is C12H24O2. The van der Waals surface area contributed by atoms with Gasteiger partial charge in [0.1, 0.15) is 0 Å². The second kappa shape index (κ2) is 6.41. The largest absolute Gasteiger partial charge is 0.396 e. The first-order valence-corrected chi connectivity index (χ1v) is 6.06. The predicted molar refractivity (Wildman–Crippen MR) is 58.1 cm³/mol. The molecule has 0 bridgehead atoms. The van der Waals surface area contributed by atoms with E-state index in [9.17, 15) is 5.11 Å². The summed E-state index contributed by atoms with van der Waals surface area (Å²) in [7, 11) is 0. The summed E-state index contributed by atoms with van der Waals surface area (Å²) in [4.78, 5) is 0. The quantitative estimate of drug-likeness (QED) is 0.715. The lowest BCUT2D eigenvalue weighted by atomic mass is 9.77. The maximum atomic E-state index is 9.90.